The van der Waals surface area contributed by atoms with E-state index in [9.17, 15) is 19.8 Å². The highest BCUT2D eigenvalue weighted by molar-refractivity contribution is 6.01. The number of aliphatic carboxylic acids is 1. The second-order valence-electron chi connectivity index (χ2n) is 10.6. The van der Waals surface area contributed by atoms with Gasteiger partial charge in [-0.3, -0.25) is 4.79 Å². The molecule has 4 aliphatic carbocycles. The third kappa shape index (κ3) is 2.04. The molecule has 30 heavy (non-hydrogen) atoms. The van der Waals surface area contributed by atoms with Gasteiger partial charge in [0.2, 0.25) is 0 Å². The lowest BCUT2D eigenvalue weighted by atomic mass is 9.45. The summed E-state index contributed by atoms with van der Waals surface area (Å²) in [6.45, 7) is 6.83. The van der Waals surface area contributed by atoms with E-state index >= 15 is 4.39 Å². The van der Waals surface area contributed by atoms with Gasteiger partial charge in [0.15, 0.2) is 17.2 Å². The van der Waals surface area contributed by atoms with E-state index in [0.29, 0.717) is 24.8 Å². The molecule has 3 saturated carbocycles. The zero-order valence-electron chi connectivity index (χ0n) is 17.7. The van der Waals surface area contributed by atoms with Gasteiger partial charge in [-0.15, -0.1) is 0 Å². The number of ether oxygens (including phenoxy) is 2. The van der Waals surface area contributed by atoms with Gasteiger partial charge in [0, 0.05) is 16.7 Å². The Balaban J connectivity index is 1.64. The Morgan fingerprint density at radius 3 is 2.63 bits per heavy atom. The van der Waals surface area contributed by atoms with E-state index in [0.717, 1.165) is 0 Å². The molecule has 7 heteroatoms. The van der Waals surface area contributed by atoms with Crippen LogP contribution in [0.15, 0.2) is 23.8 Å². The SMILES string of the molecule is CC1(C)O[C@H]2C[C@H]3[C@@H]4CCC5=CC(=O)C=C[C@@]5(C)[C@]4(F)[C@H](O)C[C@@]3(C)[C@@]2(C(=O)[O-])O1. The van der Waals surface area contributed by atoms with Crippen LogP contribution in [-0.4, -0.2) is 46.1 Å². The average Bonchev–Trinajstić information content (AvgIpc) is 3.04. The molecule has 1 aliphatic heterocycles. The summed E-state index contributed by atoms with van der Waals surface area (Å²) >= 11 is 0. The number of allylic oxidation sites excluding steroid dienone is 4. The Morgan fingerprint density at radius 1 is 1.27 bits per heavy atom. The number of hydrogen-bond acceptors (Lipinski definition) is 6. The molecule has 4 fully saturated rings. The summed E-state index contributed by atoms with van der Waals surface area (Å²) < 4.78 is 29.0. The van der Waals surface area contributed by atoms with E-state index in [1.165, 1.54) is 12.2 Å². The van der Waals surface area contributed by atoms with Gasteiger partial charge in [-0.1, -0.05) is 18.6 Å². The summed E-state index contributed by atoms with van der Waals surface area (Å²) in [5.74, 6) is -3.60. The van der Waals surface area contributed by atoms with Crippen molar-refractivity contribution in [3.63, 3.8) is 0 Å². The van der Waals surface area contributed by atoms with Crippen LogP contribution in [0.4, 0.5) is 4.39 Å². The maximum absolute atomic E-state index is 17.0. The number of carbonyl (C=O) groups is 2. The highest BCUT2D eigenvalue weighted by Crippen LogP contribution is 2.72. The minimum atomic E-state index is -2.01. The normalized spacial score (nSPS) is 53.4. The van der Waals surface area contributed by atoms with Gasteiger partial charge in [0.25, 0.3) is 0 Å². The van der Waals surface area contributed by atoms with Gasteiger partial charge in [-0.2, -0.15) is 0 Å². The second-order valence-corrected chi connectivity index (χ2v) is 10.6. The summed E-state index contributed by atoms with van der Waals surface area (Å²) in [6, 6.07) is 0. The Morgan fingerprint density at radius 2 is 1.97 bits per heavy atom. The number of rotatable bonds is 1. The van der Waals surface area contributed by atoms with Crippen molar-refractivity contribution < 1.29 is 33.7 Å². The Labute approximate surface area is 175 Å². The standard InChI is InChI=1S/C23H29FO6/c1-19(2)29-17-10-15-14-6-5-12-9-13(25)7-8-20(12,3)22(14,24)16(26)11-21(15,4)23(17,30-19)18(27)28/h7-9,14-17,26H,5-6,10-11H2,1-4H3,(H,27,28)/p-1/t14-,15-,16+,17-,20+,21+,22+,23+/m0/s1. The summed E-state index contributed by atoms with van der Waals surface area (Å²) in [7, 11) is 0. The topological polar surface area (TPSA) is 95.9 Å². The van der Waals surface area contributed by atoms with E-state index in [1.54, 1.807) is 33.8 Å². The number of hydrogen-bond donors (Lipinski definition) is 1. The van der Waals surface area contributed by atoms with Crippen molar-refractivity contribution in [2.45, 2.75) is 82.6 Å². The highest BCUT2D eigenvalue weighted by Gasteiger charge is 2.78. The molecule has 8 atom stereocenters. The minimum absolute atomic E-state index is 0.0841. The average molecular weight is 419 g/mol. The predicted molar refractivity (Wildman–Crippen MR) is 102 cm³/mol. The Bertz CT molecular complexity index is 909. The lowest BCUT2D eigenvalue weighted by molar-refractivity contribution is -0.342. The van der Waals surface area contributed by atoms with E-state index in [1.807, 2.05) is 0 Å². The number of fused-ring (bicyclic) bond motifs is 7. The molecular weight excluding hydrogens is 391 g/mol. The van der Waals surface area contributed by atoms with Gasteiger partial charge in [0.1, 0.15) is 5.60 Å². The zero-order valence-corrected chi connectivity index (χ0v) is 17.7. The first-order valence-corrected chi connectivity index (χ1v) is 10.7. The van der Waals surface area contributed by atoms with Crippen LogP contribution in [0.3, 0.4) is 0 Å². The fraction of sp³-hybridized carbons (Fsp3) is 0.739. The van der Waals surface area contributed by atoms with E-state index in [4.69, 9.17) is 9.47 Å². The number of alkyl halides is 1. The number of aliphatic hydroxyl groups is 1. The van der Waals surface area contributed by atoms with Crippen LogP contribution in [0.5, 0.6) is 0 Å². The highest BCUT2D eigenvalue weighted by atomic mass is 19.1. The van der Waals surface area contributed by atoms with E-state index in [-0.39, 0.29) is 18.1 Å². The monoisotopic (exact) mass is 419 g/mol. The summed E-state index contributed by atoms with van der Waals surface area (Å²) in [5.41, 5.74) is -5.22. The first-order chi connectivity index (χ1) is 13.8. The number of carbonyl (C=O) groups excluding carboxylic acids is 2. The van der Waals surface area contributed by atoms with Gasteiger partial charge in [0.05, 0.1) is 18.2 Å². The van der Waals surface area contributed by atoms with Crippen molar-refractivity contribution in [2.75, 3.05) is 0 Å². The number of ketones is 1. The molecule has 0 amide bonds. The van der Waals surface area contributed by atoms with Crippen LogP contribution in [0, 0.1) is 22.7 Å². The van der Waals surface area contributed by atoms with Gasteiger partial charge < -0.3 is 24.5 Å². The summed E-state index contributed by atoms with van der Waals surface area (Å²) in [6.07, 6.45) is 3.45. The van der Waals surface area contributed by atoms with Crippen molar-refractivity contribution >= 4 is 11.8 Å². The first-order valence-electron chi connectivity index (χ1n) is 10.7. The molecule has 0 bridgehead atoms. The molecule has 0 unspecified atom stereocenters. The molecule has 5 aliphatic rings. The molecule has 0 radical (unpaired) electrons. The van der Waals surface area contributed by atoms with Crippen molar-refractivity contribution in [1.29, 1.82) is 0 Å². The maximum atomic E-state index is 17.0. The molecule has 1 heterocycles. The maximum Gasteiger partial charge on any atom is 0.178 e. The number of carboxylic acid groups (broad SMARTS) is 1. The van der Waals surface area contributed by atoms with Crippen LogP contribution < -0.4 is 5.11 Å². The summed E-state index contributed by atoms with van der Waals surface area (Å²) in [5, 5.41) is 23.7. The van der Waals surface area contributed by atoms with E-state index < -0.39 is 52.0 Å². The second kappa shape index (κ2) is 5.61. The van der Waals surface area contributed by atoms with Crippen molar-refractivity contribution in [3.05, 3.63) is 23.8 Å². The van der Waals surface area contributed by atoms with Gasteiger partial charge in [-0.25, -0.2) is 4.39 Å². The number of halogens is 1. The predicted octanol–water partition coefficient (Wildman–Crippen LogP) is 1.61. The molecule has 164 valence electrons. The molecule has 1 N–H and O–H groups in total. The lowest BCUT2D eigenvalue weighted by Gasteiger charge is -2.63. The van der Waals surface area contributed by atoms with Gasteiger partial charge >= 0.3 is 0 Å². The Kier molecular flexibility index (Phi) is 3.81. The third-order valence-corrected chi connectivity index (χ3v) is 8.94. The van der Waals surface area contributed by atoms with Crippen molar-refractivity contribution in [1.82, 2.24) is 0 Å². The fourth-order valence-electron chi connectivity index (χ4n) is 7.66. The molecular formula is C23H28FO6-. The number of aliphatic hydroxyl groups excluding tert-OH is 1. The van der Waals surface area contributed by atoms with E-state index in [2.05, 4.69) is 0 Å². The molecule has 0 aromatic carbocycles. The van der Waals surface area contributed by atoms with Gasteiger partial charge in [-0.05, 0) is 64.5 Å². The third-order valence-electron chi connectivity index (χ3n) is 8.94. The first kappa shape index (κ1) is 20.3. The smallest absolute Gasteiger partial charge is 0.178 e. The van der Waals surface area contributed by atoms with Crippen LogP contribution in [0.25, 0.3) is 0 Å². The minimum Gasteiger partial charge on any atom is -0.547 e. The van der Waals surface area contributed by atoms with Crippen molar-refractivity contribution in [3.8, 4) is 0 Å². The molecule has 6 nitrogen and oxygen atoms in total. The van der Waals surface area contributed by atoms with Crippen LogP contribution in [0.1, 0.15) is 53.4 Å². The van der Waals surface area contributed by atoms with Crippen LogP contribution in [0.2, 0.25) is 0 Å². The van der Waals surface area contributed by atoms with Crippen molar-refractivity contribution in [2.24, 2.45) is 22.7 Å². The van der Waals surface area contributed by atoms with Crippen LogP contribution >= 0.6 is 0 Å². The largest absolute Gasteiger partial charge is 0.547 e. The fourth-order valence-corrected chi connectivity index (χ4v) is 7.66. The van der Waals surface area contributed by atoms with Crippen LogP contribution in [-0.2, 0) is 19.1 Å². The molecule has 1 saturated heterocycles. The molecule has 0 aromatic heterocycles. The summed E-state index contributed by atoms with van der Waals surface area (Å²) in [4.78, 5) is 24.4. The molecule has 0 aromatic rings. The quantitative estimate of drug-likeness (QED) is 0.694. The molecule has 0 spiro atoms. The lowest BCUT2D eigenvalue weighted by Crippen LogP contribution is -2.71. The zero-order chi connectivity index (χ0) is 21.9. The molecule has 5 rings (SSSR count). The number of carboxylic acids is 1. The Hall–Kier alpha value is -1.57.